The molecule has 1 aliphatic rings. The van der Waals surface area contributed by atoms with E-state index in [4.69, 9.17) is 4.52 Å². The van der Waals surface area contributed by atoms with Crippen LogP contribution in [0, 0.1) is 6.92 Å². The summed E-state index contributed by atoms with van der Waals surface area (Å²) in [5, 5.41) is 12.0. The van der Waals surface area contributed by atoms with E-state index < -0.39 is 0 Å². The highest BCUT2D eigenvalue weighted by molar-refractivity contribution is 6.06. The predicted octanol–water partition coefficient (Wildman–Crippen LogP) is 2.17. The van der Waals surface area contributed by atoms with Gasteiger partial charge in [0.25, 0.3) is 11.6 Å². The predicted molar refractivity (Wildman–Crippen MR) is 107 cm³/mol. The van der Waals surface area contributed by atoms with Crippen LogP contribution in [-0.4, -0.2) is 36.9 Å². The number of fused-ring (bicyclic) bond motifs is 2. The summed E-state index contributed by atoms with van der Waals surface area (Å²) in [6, 6.07) is 1.81. The topological polar surface area (TPSA) is 108 Å². The van der Waals surface area contributed by atoms with Crippen molar-refractivity contribution in [1.82, 2.24) is 29.8 Å². The van der Waals surface area contributed by atoms with E-state index in [1.54, 1.807) is 17.6 Å². The Kier molecular flexibility index (Phi) is 5.21. The summed E-state index contributed by atoms with van der Waals surface area (Å²) >= 11 is 0. The quantitative estimate of drug-likeness (QED) is 0.638. The normalized spacial score (nSPS) is 13.8. The Hall–Kier alpha value is -2.97. The Morgan fingerprint density at radius 1 is 1.34 bits per heavy atom. The molecule has 0 aromatic carbocycles. The van der Waals surface area contributed by atoms with Crippen LogP contribution in [0.4, 0.5) is 0 Å². The number of aryl methyl sites for hydroxylation is 3. The number of carbonyl (C=O) groups excluding carboxylic acids is 1. The summed E-state index contributed by atoms with van der Waals surface area (Å²) in [6.45, 7) is 7.50. The first-order valence-corrected chi connectivity index (χ1v) is 10.2. The van der Waals surface area contributed by atoms with Gasteiger partial charge in [-0.25, -0.2) is 14.5 Å². The van der Waals surface area contributed by atoms with Gasteiger partial charge in [0.15, 0.2) is 0 Å². The number of nitrogens with zero attached hydrogens (tertiary/aromatic N) is 5. The number of amides is 1. The summed E-state index contributed by atoms with van der Waals surface area (Å²) < 4.78 is 8.55. The molecule has 0 radical (unpaired) electrons. The zero-order valence-electron chi connectivity index (χ0n) is 17.1. The second-order valence-electron chi connectivity index (χ2n) is 7.84. The lowest BCUT2D eigenvalue weighted by Crippen LogP contribution is -2.29. The SMILES string of the molecule is Cc1noc2nc(C(C)C)cc(C(=O)NCCCn3nc4n(c3=O)CCCC4)c12. The van der Waals surface area contributed by atoms with E-state index in [2.05, 4.69) is 20.6 Å². The molecule has 4 rings (SSSR count). The molecule has 1 N–H and O–H groups in total. The Morgan fingerprint density at radius 2 is 2.17 bits per heavy atom. The van der Waals surface area contributed by atoms with E-state index >= 15 is 0 Å². The lowest BCUT2D eigenvalue weighted by Gasteiger charge is -2.09. The van der Waals surface area contributed by atoms with Crippen LogP contribution in [0.5, 0.6) is 0 Å². The summed E-state index contributed by atoms with van der Waals surface area (Å²) in [5.74, 6) is 0.839. The van der Waals surface area contributed by atoms with Crippen LogP contribution in [0.15, 0.2) is 15.4 Å². The van der Waals surface area contributed by atoms with Crippen molar-refractivity contribution in [2.45, 2.75) is 65.5 Å². The molecule has 9 nitrogen and oxygen atoms in total. The second-order valence-corrected chi connectivity index (χ2v) is 7.84. The third kappa shape index (κ3) is 3.68. The zero-order chi connectivity index (χ0) is 20.5. The molecule has 0 fully saturated rings. The number of hydrogen-bond donors (Lipinski definition) is 1. The van der Waals surface area contributed by atoms with Gasteiger partial charge in [0.2, 0.25) is 0 Å². The highest BCUT2D eigenvalue weighted by Crippen LogP contribution is 2.25. The van der Waals surface area contributed by atoms with E-state index in [9.17, 15) is 9.59 Å². The molecule has 9 heteroatoms. The molecule has 0 saturated heterocycles. The fourth-order valence-electron chi connectivity index (χ4n) is 3.71. The van der Waals surface area contributed by atoms with Crippen molar-refractivity contribution in [3.05, 3.63) is 39.3 Å². The first-order chi connectivity index (χ1) is 14.0. The van der Waals surface area contributed by atoms with Crippen LogP contribution in [0.1, 0.15) is 66.6 Å². The molecule has 0 atom stereocenters. The van der Waals surface area contributed by atoms with Gasteiger partial charge in [0, 0.05) is 31.7 Å². The minimum atomic E-state index is -0.193. The average Bonchev–Trinajstić information content (AvgIpc) is 3.25. The fourth-order valence-corrected chi connectivity index (χ4v) is 3.71. The van der Waals surface area contributed by atoms with Gasteiger partial charge in [-0.05, 0) is 38.2 Å². The summed E-state index contributed by atoms with van der Waals surface area (Å²) in [7, 11) is 0. The largest absolute Gasteiger partial charge is 0.352 e. The molecule has 0 unspecified atom stereocenters. The minimum Gasteiger partial charge on any atom is -0.352 e. The van der Waals surface area contributed by atoms with Gasteiger partial charge >= 0.3 is 5.69 Å². The molecule has 0 aliphatic carbocycles. The summed E-state index contributed by atoms with van der Waals surface area (Å²) in [4.78, 5) is 29.7. The maximum absolute atomic E-state index is 12.8. The number of pyridine rings is 1. The molecule has 3 aromatic heterocycles. The molecule has 1 aliphatic heterocycles. The van der Waals surface area contributed by atoms with Crippen molar-refractivity contribution >= 4 is 17.0 Å². The average molecular weight is 398 g/mol. The van der Waals surface area contributed by atoms with Crippen molar-refractivity contribution in [2.24, 2.45) is 0 Å². The van der Waals surface area contributed by atoms with Crippen LogP contribution in [0.3, 0.4) is 0 Å². The van der Waals surface area contributed by atoms with Crippen molar-refractivity contribution in [3.8, 4) is 0 Å². The molecule has 0 spiro atoms. The smallest absolute Gasteiger partial charge is 0.345 e. The third-order valence-electron chi connectivity index (χ3n) is 5.34. The first-order valence-electron chi connectivity index (χ1n) is 10.2. The van der Waals surface area contributed by atoms with Gasteiger partial charge < -0.3 is 9.84 Å². The van der Waals surface area contributed by atoms with Gasteiger partial charge in [-0.3, -0.25) is 9.36 Å². The number of rotatable bonds is 6. The maximum atomic E-state index is 12.8. The fraction of sp³-hybridized carbons (Fsp3) is 0.550. The van der Waals surface area contributed by atoms with Gasteiger partial charge in [-0.15, -0.1) is 0 Å². The van der Waals surface area contributed by atoms with Gasteiger partial charge in [-0.1, -0.05) is 19.0 Å². The van der Waals surface area contributed by atoms with Crippen molar-refractivity contribution in [3.63, 3.8) is 0 Å². The van der Waals surface area contributed by atoms with E-state index in [1.165, 1.54) is 4.68 Å². The lowest BCUT2D eigenvalue weighted by atomic mass is 10.0. The van der Waals surface area contributed by atoms with Crippen molar-refractivity contribution < 1.29 is 9.32 Å². The van der Waals surface area contributed by atoms with E-state index in [0.29, 0.717) is 41.9 Å². The van der Waals surface area contributed by atoms with Crippen molar-refractivity contribution in [2.75, 3.05) is 6.54 Å². The molecule has 154 valence electrons. The van der Waals surface area contributed by atoms with E-state index in [-0.39, 0.29) is 17.5 Å². The molecule has 0 saturated carbocycles. The molecular weight excluding hydrogens is 372 g/mol. The molecule has 29 heavy (non-hydrogen) atoms. The highest BCUT2D eigenvalue weighted by Gasteiger charge is 2.20. The first kappa shape index (κ1) is 19.4. The molecular formula is C20H26N6O3. The number of nitrogens with one attached hydrogen (secondary N) is 1. The molecule has 3 aromatic rings. The summed E-state index contributed by atoms with van der Waals surface area (Å²) in [5.41, 5.74) is 2.28. The van der Waals surface area contributed by atoms with Crippen LogP contribution < -0.4 is 11.0 Å². The number of carbonyl (C=O) groups is 1. The van der Waals surface area contributed by atoms with Crippen molar-refractivity contribution in [1.29, 1.82) is 0 Å². The number of hydrogen-bond acceptors (Lipinski definition) is 6. The van der Waals surface area contributed by atoms with Gasteiger partial charge in [0.05, 0.1) is 16.6 Å². The van der Waals surface area contributed by atoms with E-state index in [0.717, 1.165) is 37.3 Å². The second kappa shape index (κ2) is 7.81. The Labute approximate surface area is 168 Å². The molecule has 4 heterocycles. The molecule has 1 amide bonds. The molecule has 0 bridgehead atoms. The van der Waals surface area contributed by atoms with Gasteiger partial charge in [0.1, 0.15) is 5.82 Å². The minimum absolute atomic E-state index is 0.0523. The third-order valence-corrected chi connectivity index (χ3v) is 5.34. The van der Waals surface area contributed by atoms with E-state index in [1.807, 2.05) is 13.8 Å². The summed E-state index contributed by atoms with van der Waals surface area (Å²) in [6.07, 6.45) is 3.58. The van der Waals surface area contributed by atoms with Gasteiger partial charge in [-0.2, -0.15) is 5.10 Å². The Bertz CT molecular complexity index is 1110. The zero-order valence-corrected chi connectivity index (χ0v) is 17.1. The number of aromatic nitrogens is 5. The lowest BCUT2D eigenvalue weighted by molar-refractivity contribution is 0.0954. The monoisotopic (exact) mass is 398 g/mol. The highest BCUT2D eigenvalue weighted by atomic mass is 16.5. The van der Waals surface area contributed by atoms with Crippen LogP contribution in [0.25, 0.3) is 11.1 Å². The van der Waals surface area contributed by atoms with Crippen LogP contribution in [-0.2, 0) is 19.5 Å². The Morgan fingerprint density at radius 3 is 2.93 bits per heavy atom. The van der Waals surface area contributed by atoms with Crippen LogP contribution in [0.2, 0.25) is 0 Å². The Balaban J connectivity index is 1.43. The van der Waals surface area contributed by atoms with Crippen LogP contribution >= 0.6 is 0 Å². The standard InChI is InChI=1S/C20H26N6O3/c1-12(2)15-11-14(17-13(3)24-29-19(17)22-15)18(27)21-8-6-10-26-20(28)25-9-5-4-7-16(25)23-26/h11-12H,4-10H2,1-3H3,(H,21,27). The maximum Gasteiger partial charge on any atom is 0.345 e.